The van der Waals surface area contributed by atoms with Crippen LogP contribution in [-0.2, 0) is 19.1 Å². The molecule has 49 heavy (non-hydrogen) atoms. The molecule has 0 fully saturated rings. The quantitative estimate of drug-likeness (QED) is 0.101. The van der Waals surface area contributed by atoms with Crippen LogP contribution in [0.1, 0.15) is 86.3 Å². The highest BCUT2D eigenvalue weighted by molar-refractivity contribution is 7.22. The molecule has 0 aliphatic rings. The van der Waals surface area contributed by atoms with E-state index in [2.05, 4.69) is 31.3 Å². The number of hydrogen-bond acceptors (Lipinski definition) is 8. The monoisotopic (exact) mass is 685 g/mol. The first-order valence-corrected chi connectivity index (χ1v) is 17.3. The van der Waals surface area contributed by atoms with Crippen molar-refractivity contribution in [2.24, 2.45) is 5.92 Å². The number of nitrogens with one attached hydrogen (secondary N) is 1. The molecule has 0 spiro atoms. The third-order valence-corrected chi connectivity index (χ3v) is 8.34. The topological polar surface area (TPSA) is 100 Å². The van der Waals surface area contributed by atoms with Crippen LogP contribution < -0.4 is 14.8 Å². The zero-order chi connectivity index (χ0) is 36.1. The molecular weight excluding hydrogens is 639 g/mol. The fourth-order valence-electron chi connectivity index (χ4n) is 4.98. The van der Waals surface area contributed by atoms with Crippen LogP contribution in [0.5, 0.6) is 17.2 Å². The van der Waals surface area contributed by atoms with E-state index in [0.29, 0.717) is 17.2 Å². The molecule has 9 heteroatoms. The van der Waals surface area contributed by atoms with Gasteiger partial charge in [-0.1, -0.05) is 64.1 Å². The Bertz CT molecular complexity index is 1820. The van der Waals surface area contributed by atoms with Gasteiger partial charge in [0, 0.05) is 16.2 Å². The molecule has 0 radical (unpaired) electrons. The predicted molar refractivity (Wildman–Crippen MR) is 196 cm³/mol. The Morgan fingerprint density at radius 1 is 0.796 bits per heavy atom. The van der Waals surface area contributed by atoms with E-state index in [1.54, 1.807) is 44.3 Å². The minimum absolute atomic E-state index is 0.233. The first-order chi connectivity index (χ1) is 22.9. The number of fused-ring (bicyclic) bond motifs is 1. The minimum atomic E-state index is -0.900. The Hall–Kier alpha value is -4.63. The van der Waals surface area contributed by atoms with Crippen LogP contribution in [0.4, 0.5) is 4.79 Å². The molecule has 1 atom stereocenters. The van der Waals surface area contributed by atoms with Gasteiger partial charge in [-0.2, -0.15) is 0 Å². The molecular formula is C40H47NO7S. The van der Waals surface area contributed by atoms with Crippen molar-refractivity contribution in [3.8, 4) is 27.7 Å². The highest BCUT2D eigenvalue weighted by Gasteiger charge is 2.29. The number of alkyl carbamates (subject to hydrolysis) is 1. The van der Waals surface area contributed by atoms with Crippen LogP contribution in [0.2, 0.25) is 0 Å². The molecule has 0 aliphatic heterocycles. The lowest BCUT2D eigenvalue weighted by Crippen LogP contribution is -2.48. The van der Waals surface area contributed by atoms with E-state index in [1.807, 2.05) is 83.1 Å². The van der Waals surface area contributed by atoms with Crippen LogP contribution >= 0.6 is 11.3 Å². The lowest BCUT2D eigenvalue weighted by Gasteiger charge is -2.24. The van der Waals surface area contributed by atoms with Gasteiger partial charge in [0.2, 0.25) is 0 Å². The molecule has 1 heterocycles. The maximum atomic E-state index is 13.3. The second-order valence-electron chi connectivity index (χ2n) is 14.5. The highest BCUT2D eigenvalue weighted by atomic mass is 32.1. The van der Waals surface area contributed by atoms with Gasteiger partial charge in [0.1, 0.15) is 28.7 Å². The molecule has 0 unspecified atom stereocenters. The minimum Gasteiger partial charge on any atom is -0.457 e. The summed E-state index contributed by atoms with van der Waals surface area (Å²) in [6.45, 7) is 18.7. The smallest absolute Gasteiger partial charge is 0.408 e. The number of carbonyl (C=O) groups excluding carboxylic acids is 3. The van der Waals surface area contributed by atoms with Crippen LogP contribution in [-0.4, -0.2) is 35.3 Å². The largest absolute Gasteiger partial charge is 0.457 e. The van der Waals surface area contributed by atoms with E-state index in [4.69, 9.17) is 18.9 Å². The number of esters is 2. The van der Waals surface area contributed by atoms with Crippen molar-refractivity contribution in [1.82, 2.24) is 5.32 Å². The summed E-state index contributed by atoms with van der Waals surface area (Å²) >= 11 is 1.55. The van der Waals surface area contributed by atoms with Crippen molar-refractivity contribution in [3.63, 3.8) is 0 Å². The first-order valence-electron chi connectivity index (χ1n) is 16.5. The van der Waals surface area contributed by atoms with Gasteiger partial charge in [0.15, 0.2) is 5.75 Å². The molecule has 3 aromatic carbocycles. The second-order valence-corrected chi connectivity index (χ2v) is 15.5. The van der Waals surface area contributed by atoms with E-state index in [1.165, 1.54) is 11.6 Å². The maximum absolute atomic E-state index is 13.3. The van der Waals surface area contributed by atoms with Crippen LogP contribution in [0.15, 0.2) is 72.8 Å². The Morgan fingerprint density at radius 3 is 2.04 bits per heavy atom. The Labute approximate surface area is 293 Å². The fraction of sp³-hybridized carbons (Fsp3) is 0.375. The normalized spacial score (nSPS) is 12.7. The SMILES string of the molecule is CC(C)c1ccccc1-c1sc2cc(OC(=O)[C@@H](NC(=O)OC(C)(C)C)C(C)C)ccc2c1Oc1ccc(/C=C/C(=O)OC(C)(C)C)cc1. The Morgan fingerprint density at radius 2 is 1.43 bits per heavy atom. The van der Waals surface area contributed by atoms with Gasteiger partial charge in [0.05, 0.1) is 4.88 Å². The summed E-state index contributed by atoms with van der Waals surface area (Å²) in [6.07, 6.45) is 2.44. The summed E-state index contributed by atoms with van der Waals surface area (Å²) in [6, 6.07) is 20.3. The van der Waals surface area contributed by atoms with Gasteiger partial charge >= 0.3 is 18.0 Å². The molecule has 4 rings (SSSR count). The summed E-state index contributed by atoms with van der Waals surface area (Å²) in [4.78, 5) is 38.8. The molecule has 8 nitrogen and oxygen atoms in total. The predicted octanol–water partition coefficient (Wildman–Crippen LogP) is 10.3. The standard InChI is InChI=1S/C40H47NO7S/c1-24(2)29-13-11-12-14-30(29)36-35(45-27-18-15-26(16-19-27)17-22-33(42)47-39(5,6)7)31-21-20-28(23-32(31)49-36)46-37(43)34(25(3)4)41-38(44)48-40(8,9)10/h11-25,34H,1-10H3,(H,41,44)/b22-17+/t34-/m0/s1. The zero-order valence-corrected chi connectivity index (χ0v) is 30.8. The van der Waals surface area contributed by atoms with Crippen molar-refractivity contribution < 1.29 is 33.3 Å². The van der Waals surface area contributed by atoms with E-state index in [-0.39, 0.29) is 11.8 Å². The van der Waals surface area contributed by atoms with Crippen LogP contribution in [0, 0.1) is 5.92 Å². The maximum Gasteiger partial charge on any atom is 0.408 e. The lowest BCUT2D eigenvalue weighted by molar-refractivity contribution is -0.148. The molecule has 0 saturated heterocycles. The van der Waals surface area contributed by atoms with E-state index >= 15 is 0 Å². The molecule has 1 amide bonds. The molecule has 0 aliphatic carbocycles. The Balaban J connectivity index is 1.66. The third kappa shape index (κ3) is 10.4. The number of rotatable bonds is 10. The van der Waals surface area contributed by atoms with Crippen LogP contribution in [0.25, 0.3) is 26.6 Å². The zero-order valence-electron chi connectivity index (χ0n) is 30.0. The number of hydrogen-bond donors (Lipinski definition) is 1. The number of carbonyl (C=O) groups is 3. The molecule has 0 saturated carbocycles. The van der Waals surface area contributed by atoms with Crippen molar-refractivity contribution >= 4 is 45.5 Å². The van der Waals surface area contributed by atoms with E-state index in [0.717, 1.165) is 26.1 Å². The molecule has 0 bridgehead atoms. The number of benzene rings is 3. The van der Waals surface area contributed by atoms with Crippen molar-refractivity contribution in [1.29, 1.82) is 0 Å². The summed E-state index contributed by atoms with van der Waals surface area (Å²) in [5, 5.41) is 3.52. The van der Waals surface area contributed by atoms with Gasteiger partial charge in [-0.05, 0) is 106 Å². The first kappa shape index (κ1) is 37.2. The lowest BCUT2D eigenvalue weighted by atomic mass is 9.96. The van der Waals surface area contributed by atoms with E-state index < -0.39 is 35.3 Å². The van der Waals surface area contributed by atoms with Gasteiger partial charge < -0.3 is 24.3 Å². The number of thiophene rings is 1. The number of ether oxygens (including phenoxy) is 4. The van der Waals surface area contributed by atoms with Crippen molar-refractivity contribution in [3.05, 3.63) is 83.9 Å². The van der Waals surface area contributed by atoms with Gasteiger partial charge in [-0.25, -0.2) is 14.4 Å². The third-order valence-electron chi connectivity index (χ3n) is 7.17. The van der Waals surface area contributed by atoms with Crippen LogP contribution in [0.3, 0.4) is 0 Å². The summed E-state index contributed by atoms with van der Waals surface area (Å²) in [7, 11) is 0. The van der Waals surface area contributed by atoms with Gasteiger partial charge in [-0.3, -0.25) is 0 Å². The molecule has 260 valence electrons. The molecule has 1 aromatic heterocycles. The second kappa shape index (κ2) is 15.3. The number of amides is 1. The van der Waals surface area contributed by atoms with Gasteiger partial charge in [-0.15, -0.1) is 11.3 Å². The van der Waals surface area contributed by atoms with Gasteiger partial charge in [0.25, 0.3) is 0 Å². The average molecular weight is 686 g/mol. The average Bonchev–Trinajstić information content (AvgIpc) is 3.34. The van der Waals surface area contributed by atoms with E-state index in [9.17, 15) is 14.4 Å². The van der Waals surface area contributed by atoms with Crippen molar-refractivity contribution in [2.45, 2.75) is 92.4 Å². The fourth-order valence-corrected chi connectivity index (χ4v) is 6.19. The molecule has 1 N–H and O–H groups in total. The van der Waals surface area contributed by atoms with Crippen molar-refractivity contribution in [2.75, 3.05) is 0 Å². The Kier molecular flexibility index (Phi) is 11.6. The summed E-state index contributed by atoms with van der Waals surface area (Å²) < 4.78 is 24.0. The summed E-state index contributed by atoms with van der Waals surface area (Å²) in [5.41, 5.74) is 1.80. The highest BCUT2D eigenvalue weighted by Crippen LogP contribution is 2.49. The molecule has 4 aromatic rings. The summed E-state index contributed by atoms with van der Waals surface area (Å²) in [5.74, 6) is 0.716.